The third-order valence-corrected chi connectivity index (χ3v) is 2.59. The van der Waals surface area contributed by atoms with Gasteiger partial charge in [0.05, 0.1) is 5.33 Å². The van der Waals surface area contributed by atoms with Gasteiger partial charge in [-0.25, -0.2) is 0 Å². The van der Waals surface area contributed by atoms with E-state index < -0.39 is 6.61 Å². The van der Waals surface area contributed by atoms with Gasteiger partial charge < -0.3 is 4.74 Å². The van der Waals surface area contributed by atoms with Crippen LogP contribution >= 0.6 is 15.9 Å². The molecule has 0 aliphatic rings. The van der Waals surface area contributed by atoms with Crippen LogP contribution in [0.4, 0.5) is 8.78 Å². The highest BCUT2D eigenvalue weighted by Crippen LogP contribution is 2.22. The third-order valence-electron chi connectivity index (χ3n) is 1.97. The fraction of sp³-hybridized carbons (Fsp3) is 0.364. The quantitative estimate of drug-likeness (QED) is 0.780. The zero-order chi connectivity index (χ0) is 12.1. The lowest BCUT2D eigenvalue weighted by molar-refractivity contribution is -0.116. The van der Waals surface area contributed by atoms with Crippen LogP contribution in [0.25, 0.3) is 0 Å². The number of rotatable bonds is 5. The molecule has 0 aliphatic carbocycles. The lowest BCUT2D eigenvalue weighted by Gasteiger charge is -2.10. The number of hydrogen-bond donors (Lipinski definition) is 0. The Morgan fingerprint density at radius 2 is 2.19 bits per heavy atom. The first kappa shape index (κ1) is 13.1. The monoisotopic (exact) mass is 292 g/mol. The van der Waals surface area contributed by atoms with Crippen LogP contribution in [-0.4, -0.2) is 17.7 Å². The standard InChI is InChI=1S/C11H11BrF2O2/c1-7-2-3-10(16-11(13)14)8(4-7)5-9(15)6-12/h2-4,11H,5-6H2,1H3. The lowest BCUT2D eigenvalue weighted by atomic mass is 10.1. The van der Waals surface area contributed by atoms with Crippen LogP contribution in [0.15, 0.2) is 18.2 Å². The van der Waals surface area contributed by atoms with Gasteiger partial charge in [0.25, 0.3) is 0 Å². The second kappa shape index (κ2) is 5.94. The molecule has 0 bridgehead atoms. The highest BCUT2D eigenvalue weighted by molar-refractivity contribution is 9.09. The number of benzene rings is 1. The van der Waals surface area contributed by atoms with Crippen LogP contribution in [0.1, 0.15) is 11.1 Å². The molecular weight excluding hydrogens is 282 g/mol. The van der Waals surface area contributed by atoms with E-state index in [1.54, 1.807) is 12.1 Å². The number of alkyl halides is 3. The molecule has 0 N–H and O–H groups in total. The van der Waals surface area contributed by atoms with Gasteiger partial charge in [-0.15, -0.1) is 0 Å². The molecule has 88 valence electrons. The Balaban J connectivity index is 2.93. The topological polar surface area (TPSA) is 26.3 Å². The molecule has 0 radical (unpaired) electrons. The summed E-state index contributed by atoms with van der Waals surface area (Å²) in [7, 11) is 0. The largest absolute Gasteiger partial charge is 0.435 e. The summed E-state index contributed by atoms with van der Waals surface area (Å²) in [4.78, 5) is 11.2. The molecule has 5 heteroatoms. The van der Waals surface area contributed by atoms with Crippen molar-refractivity contribution < 1.29 is 18.3 Å². The summed E-state index contributed by atoms with van der Waals surface area (Å²) < 4.78 is 28.6. The van der Waals surface area contributed by atoms with E-state index in [-0.39, 0.29) is 23.3 Å². The van der Waals surface area contributed by atoms with E-state index >= 15 is 0 Å². The summed E-state index contributed by atoms with van der Waals surface area (Å²) in [5.74, 6) is -0.0142. The van der Waals surface area contributed by atoms with Crippen molar-refractivity contribution >= 4 is 21.7 Å². The molecule has 0 aliphatic heterocycles. The smallest absolute Gasteiger partial charge is 0.387 e. The molecule has 16 heavy (non-hydrogen) atoms. The first-order valence-corrected chi connectivity index (χ1v) is 5.77. The van der Waals surface area contributed by atoms with Crippen molar-refractivity contribution in [2.24, 2.45) is 0 Å². The highest BCUT2D eigenvalue weighted by atomic mass is 79.9. The zero-order valence-electron chi connectivity index (χ0n) is 8.67. The van der Waals surface area contributed by atoms with Gasteiger partial charge in [0.1, 0.15) is 11.5 Å². The number of carbonyl (C=O) groups excluding carboxylic acids is 1. The van der Waals surface area contributed by atoms with E-state index in [1.165, 1.54) is 6.07 Å². The third kappa shape index (κ3) is 3.89. The minimum Gasteiger partial charge on any atom is -0.435 e. The maximum atomic E-state index is 12.1. The fourth-order valence-corrected chi connectivity index (χ4v) is 1.52. The number of carbonyl (C=O) groups is 1. The Morgan fingerprint density at radius 1 is 1.50 bits per heavy atom. The van der Waals surface area contributed by atoms with Gasteiger partial charge in [-0.3, -0.25) is 4.79 Å². The fourth-order valence-electron chi connectivity index (χ4n) is 1.32. The summed E-state index contributed by atoms with van der Waals surface area (Å²) >= 11 is 3.03. The van der Waals surface area contributed by atoms with E-state index in [9.17, 15) is 13.6 Å². The van der Waals surface area contributed by atoms with Crippen molar-refractivity contribution in [1.29, 1.82) is 0 Å². The minimum atomic E-state index is -2.87. The Morgan fingerprint density at radius 3 is 2.75 bits per heavy atom. The van der Waals surface area contributed by atoms with Crippen molar-refractivity contribution in [3.8, 4) is 5.75 Å². The molecule has 0 fully saturated rings. The van der Waals surface area contributed by atoms with Crippen LogP contribution in [-0.2, 0) is 11.2 Å². The molecule has 0 unspecified atom stereocenters. The minimum absolute atomic E-state index is 0.0647. The van der Waals surface area contributed by atoms with E-state index in [2.05, 4.69) is 20.7 Å². The van der Waals surface area contributed by atoms with Crippen LogP contribution in [0.5, 0.6) is 5.75 Å². The Bertz CT molecular complexity index is 380. The number of Topliss-reactive ketones (excluding diaryl/α,β-unsaturated/α-hetero) is 1. The number of ketones is 1. The van der Waals surface area contributed by atoms with Crippen LogP contribution in [0.2, 0.25) is 0 Å². The normalized spacial score (nSPS) is 10.6. The van der Waals surface area contributed by atoms with Crippen LogP contribution in [0.3, 0.4) is 0 Å². The number of aryl methyl sites for hydroxylation is 1. The summed E-state index contributed by atoms with van der Waals surface area (Å²) in [6, 6.07) is 4.80. The van der Waals surface area contributed by atoms with Gasteiger partial charge in [-0.05, 0) is 13.0 Å². The highest BCUT2D eigenvalue weighted by Gasteiger charge is 2.12. The molecule has 0 atom stereocenters. The molecule has 0 amide bonds. The summed E-state index contributed by atoms with van der Waals surface area (Å²) in [5, 5.41) is 0.203. The van der Waals surface area contributed by atoms with Gasteiger partial charge >= 0.3 is 6.61 Å². The van der Waals surface area contributed by atoms with Gasteiger partial charge in [0, 0.05) is 12.0 Å². The van der Waals surface area contributed by atoms with Crippen molar-refractivity contribution in [3.63, 3.8) is 0 Å². The van der Waals surface area contributed by atoms with Crippen molar-refractivity contribution in [2.75, 3.05) is 5.33 Å². The van der Waals surface area contributed by atoms with E-state index in [4.69, 9.17) is 0 Å². The molecule has 0 saturated carbocycles. The van der Waals surface area contributed by atoms with E-state index in [1.807, 2.05) is 6.92 Å². The van der Waals surface area contributed by atoms with Gasteiger partial charge in [-0.2, -0.15) is 8.78 Å². The molecule has 2 nitrogen and oxygen atoms in total. The molecular formula is C11H11BrF2O2. The van der Waals surface area contributed by atoms with Crippen molar-refractivity contribution in [1.82, 2.24) is 0 Å². The number of halogens is 3. The van der Waals surface area contributed by atoms with Crippen molar-refractivity contribution in [2.45, 2.75) is 20.0 Å². The lowest BCUT2D eigenvalue weighted by Crippen LogP contribution is -2.09. The predicted molar refractivity (Wildman–Crippen MR) is 60.3 cm³/mol. The van der Waals surface area contributed by atoms with Crippen molar-refractivity contribution in [3.05, 3.63) is 29.3 Å². The number of ether oxygens (including phenoxy) is 1. The first-order chi connectivity index (χ1) is 7.52. The maximum Gasteiger partial charge on any atom is 0.387 e. The average molecular weight is 293 g/mol. The molecule has 0 aromatic heterocycles. The zero-order valence-corrected chi connectivity index (χ0v) is 10.3. The maximum absolute atomic E-state index is 12.1. The van der Waals surface area contributed by atoms with E-state index in [0.29, 0.717) is 5.56 Å². The second-order valence-electron chi connectivity index (χ2n) is 3.34. The van der Waals surface area contributed by atoms with Crippen LogP contribution in [0, 0.1) is 6.92 Å². The summed E-state index contributed by atoms with van der Waals surface area (Å²) in [5.41, 5.74) is 1.39. The summed E-state index contributed by atoms with van der Waals surface area (Å²) in [6.07, 6.45) is 0.0922. The SMILES string of the molecule is Cc1ccc(OC(F)F)c(CC(=O)CBr)c1. The molecule has 0 spiro atoms. The molecule has 0 saturated heterocycles. The Labute approximate surface area is 101 Å². The Hall–Kier alpha value is -0.970. The molecule has 0 heterocycles. The second-order valence-corrected chi connectivity index (χ2v) is 3.90. The Kier molecular flexibility index (Phi) is 4.86. The first-order valence-electron chi connectivity index (χ1n) is 4.65. The molecule has 1 aromatic rings. The number of hydrogen-bond acceptors (Lipinski definition) is 2. The average Bonchev–Trinajstić information content (AvgIpc) is 2.21. The summed E-state index contributed by atoms with van der Waals surface area (Å²) in [6.45, 7) is -1.05. The van der Waals surface area contributed by atoms with Gasteiger partial charge in [0.2, 0.25) is 0 Å². The van der Waals surface area contributed by atoms with Gasteiger partial charge in [-0.1, -0.05) is 33.6 Å². The molecule has 1 rings (SSSR count). The predicted octanol–water partition coefficient (Wildman–Crippen LogP) is 3.10. The van der Waals surface area contributed by atoms with Gasteiger partial charge in [0.15, 0.2) is 0 Å². The van der Waals surface area contributed by atoms with E-state index in [0.717, 1.165) is 5.56 Å². The van der Waals surface area contributed by atoms with Crippen LogP contribution < -0.4 is 4.74 Å². The molecule has 1 aromatic carbocycles.